The first-order valence-corrected chi connectivity index (χ1v) is 6.90. The molecule has 7 heteroatoms. The number of carbonyl (C=O) groups excluding carboxylic acids is 1. The van der Waals surface area contributed by atoms with E-state index in [0.717, 1.165) is 11.1 Å². The molecule has 1 atom stereocenters. The maximum Gasteiger partial charge on any atom is 0.418 e. The van der Waals surface area contributed by atoms with Crippen molar-refractivity contribution in [3.05, 3.63) is 65.2 Å². The average molecular weight is 319 g/mol. The minimum atomic E-state index is -4.52. The molecule has 0 radical (unpaired) electrons. The number of alkyl halides is 3. The Morgan fingerprint density at radius 2 is 1.78 bits per heavy atom. The summed E-state index contributed by atoms with van der Waals surface area (Å²) in [6.07, 6.45) is -4.52. The molecule has 0 fully saturated rings. The van der Waals surface area contributed by atoms with Gasteiger partial charge in [-0.2, -0.15) is 13.2 Å². The molecule has 0 saturated carbocycles. The van der Waals surface area contributed by atoms with Gasteiger partial charge in [0, 0.05) is 11.1 Å². The highest BCUT2D eigenvalue weighted by Gasteiger charge is 2.38. The van der Waals surface area contributed by atoms with E-state index in [2.05, 4.69) is 10.3 Å². The Labute approximate surface area is 130 Å². The number of carbonyl (C=O) groups is 1. The number of amides is 1. The molecule has 0 N–H and O–H groups in total. The molecule has 1 aliphatic rings. The zero-order chi connectivity index (χ0) is 16.6. The third-order valence-corrected chi connectivity index (χ3v) is 3.66. The fourth-order valence-electron chi connectivity index (χ4n) is 2.47. The predicted molar refractivity (Wildman–Crippen MR) is 77.0 cm³/mol. The highest BCUT2D eigenvalue weighted by Crippen LogP contribution is 2.44. The summed E-state index contributed by atoms with van der Waals surface area (Å²) in [5.74, 6) is -0.412. The van der Waals surface area contributed by atoms with E-state index in [1.54, 1.807) is 37.3 Å². The lowest BCUT2D eigenvalue weighted by Gasteiger charge is -2.28. The van der Waals surface area contributed by atoms with Gasteiger partial charge >= 0.3 is 6.18 Å². The molecule has 23 heavy (non-hydrogen) atoms. The molecule has 1 unspecified atom stereocenters. The average Bonchev–Trinajstić information content (AvgIpc) is 2.54. The van der Waals surface area contributed by atoms with Crippen molar-refractivity contribution in [2.75, 3.05) is 0 Å². The maximum absolute atomic E-state index is 13.0. The van der Waals surface area contributed by atoms with Crippen LogP contribution in [0.2, 0.25) is 0 Å². The molecule has 1 aliphatic heterocycles. The molecule has 118 valence electrons. The van der Waals surface area contributed by atoms with Gasteiger partial charge in [0.25, 0.3) is 5.91 Å². The van der Waals surface area contributed by atoms with Crippen LogP contribution in [0.5, 0.6) is 0 Å². The number of fused-ring (bicyclic) bond motifs is 1. The largest absolute Gasteiger partial charge is 0.418 e. The van der Waals surface area contributed by atoms with E-state index >= 15 is 0 Å². The highest BCUT2D eigenvalue weighted by molar-refractivity contribution is 5.94. The molecular formula is C16H12F3N3O. The summed E-state index contributed by atoms with van der Waals surface area (Å²) in [5.41, 5.74) is -0.366. The van der Waals surface area contributed by atoms with Gasteiger partial charge in [0.2, 0.25) is 0 Å². The normalized spacial score (nSPS) is 17.0. The van der Waals surface area contributed by atoms with E-state index in [0.29, 0.717) is 11.1 Å². The molecule has 2 aromatic carbocycles. The van der Waals surface area contributed by atoms with Gasteiger partial charge in [-0.15, -0.1) is 5.11 Å². The summed E-state index contributed by atoms with van der Waals surface area (Å²) >= 11 is 0. The molecule has 0 aromatic heterocycles. The van der Waals surface area contributed by atoms with E-state index < -0.39 is 23.7 Å². The molecule has 0 aliphatic carbocycles. The van der Waals surface area contributed by atoms with Crippen LogP contribution < -0.4 is 0 Å². The first-order chi connectivity index (χ1) is 10.9. The Kier molecular flexibility index (Phi) is 3.63. The van der Waals surface area contributed by atoms with Crippen LogP contribution >= 0.6 is 0 Å². The second kappa shape index (κ2) is 5.49. The van der Waals surface area contributed by atoms with Crippen LogP contribution in [0, 0.1) is 0 Å². The zero-order valence-electron chi connectivity index (χ0n) is 12.1. The van der Waals surface area contributed by atoms with Crippen molar-refractivity contribution in [2.45, 2.75) is 19.1 Å². The van der Waals surface area contributed by atoms with Crippen LogP contribution in [-0.2, 0) is 6.18 Å². The monoisotopic (exact) mass is 319 g/mol. The quantitative estimate of drug-likeness (QED) is 0.735. The standard InChI is InChI=1S/C16H12F3N3O/c1-10-12-8-5-9-13(16(17,18)19)14(12)20-21-22(10)15(23)11-6-3-2-4-7-11/h2-10H,1H3. The van der Waals surface area contributed by atoms with E-state index in [1.807, 2.05) is 0 Å². The van der Waals surface area contributed by atoms with Gasteiger partial charge in [-0.1, -0.05) is 35.6 Å². The second-order valence-electron chi connectivity index (χ2n) is 5.12. The SMILES string of the molecule is CC1c2cccc(C(F)(F)F)c2N=NN1C(=O)c1ccccc1. The van der Waals surface area contributed by atoms with E-state index in [4.69, 9.17) is 0 Å². The number of nitrogens with zero attached hydrogens (tertiary/aromatic N) is 3. The van der Waals surface area contributed by atoms with E-state index in [9.17, 15) is 18.0 Å². The van der Waals surface area contributed by atoms with Crippen molar-refractivity contribution in [3.8, 4) is 0 Å². The Bertz CT molecular complexity index is 772. The zero-order valence-corrected chi connectivity index (χ0v) is 12.1. The van der Waals surface area contributed by atoms with Crippen LogP contribution in [0.3, 0.4) is 0 Å². The number of hydrogen-bond donors (Lipinski definition) is 0. The fourth-order valence-corrected chi connectivity index (χ4v) is 2.47. The van der Waals surface area contributed by atoms with Crippen LogP contribution in [0.25, 0.3) is 0 Å². The van der Waals surface area contributed by atoms with Gasteiger partial charge < -0.3 is 0 Å². The van der Waals surface area contributed by atoms with Crippen LogP contribution in [-0.4, -0.2) is 10.9 Å². The minimum absolute atomic E-state index is 0.232. The third kappa shape index (κ3) is 2.69. The van der Waals surface area contributed by atoms with Gasteiger partial charge in [0.15, 0.2) is 0 Å². The first-order valence-electron chi connectivity index (χ1n) is 6.90. The van der Waals surface area contributed by atoms with Crippen molar-refractivity contribution < 1.29 is 18.0 Å². The highest BCUT2D eigenvalue weighted by atomic mass is 19.4. The van der Waals surface area contributed by atoms with Gasteiger partial charge in [0.05, 0.1) is 11.6 Å². The molecule has 1 amide bonds. The number of hydrogen-bond acceptors (Lipinski definition) is 3. The van der Waals surface area contributed by atoms with E-state index in [1.165, 1.54) is 12.1 Å². The van der Waals surface area contributed by atoms with Gasteiger partial charge in [-0.05, 0) is 25.1 Å². The Hall–Kier alpha value is -2.70. The van der Waals surface area contributed by atoms with E-state index in [-0.39, 0.29) is 5.69 Å². The van der Waals surface area contributed by atoms with Crippen molar-refractivity contribution >= 4 is 11.6 Å². The molecule has 2 aromatic rings. The van der Waals surface area contributed by atoms with Crippen molar-refractivity contribution in [1.29, 1.82) is 0 Å². The molecule has 3 rings (SSSR count). The lowest BCUT2D eigenvalue weighted by atomic mass is 10.00. The number of rotatable bonds is 1. The number of benzene rings is 2. The van der Waals surface area contributed by atoms with Crippen molar-refractivity contribution in [3.63, 3.8) is 0 Å². The van der Waals surface area contributed by atoms with Crippen LogP contribution in [0.15, 0.2) is 58.9 Å². The molecule has 4 nitrogen and oxygen atoms in total. The molecule has 0 spiro atoms. The maximum atomic E-state index is 13.0. The Morgan fingerprint density at radius 1 is 1.09 bits per heavy atom. The summed E-state index contributed by atoms with van der Waals surface area (Å²) < 4.78 is 39.1. The van der Waals surface area contributed by atoms with Gasteiger partial charge in [-0.25, -0.2) is 5.01 Å². The second-order valence-corrected chi connectivity index (χ2v) is 5.12. The Morgan fingerprint density at radius 3 is 2.43 bits per heavy atom. The van der Waals surface area contributed by atoms with Crippen LogP contribution in [0.4, 0.5) is 18.9 Å². The third-order valence-electron chi connectivity index (χ3n) is 3.66. The topological polar surface area (TPSA) is 45.0 Å². The molecular weight excluding hydrogens is 307 g/mol. The summed E-state index contributed by atoms with van der Waals surface area (Å²) in [4.78, 5) is 12.5. The number of halogens is 3. The molecule has 1 heterocycles. The predicted octanol–water partition coefficient (Wildman–Crippen LogP) is 4.92. The smallest absolute Gasteiger partial charge is 0.267 e. The lowest BCUT2D eigenvalue weighted by Crippen LogP contribution is -2.30. The molecule has 0 bridgehead atoms. The summed E-state index contributed by atoms with van der Waals surface area (Å²) in [6.45, 7) is 1.62. The lowest BCUT2D eigenvalue weighted by molar-refractivity contribution is -0.137. The van der Waals surface area contributed by atoms with Crippen LogP contribution in [0.1, 0.15) is 34.5 Å². The first kappa shape index (κ1) is 15.2. The summed E-state index contributed by atoms with van der Waals surface area (Å²) in [7, 11) is 0. The Balaban J connectivity index is 2.01. The molecule has 0 saturated heterocycles. The van der Waals surface area contributed by atoms with Crippen molar-refractivity contribution in [1.82, 2.24) is 5.01 Å². The summed E-state index contributed by atoms with van der Waals surface area (Å²) in [6, 6.07) is 11.6. The minimum Gasteiger partial charge on any atom is -0.267 e. The van der Waals surface area contributed by atoms with Gasteiger partial charge in [-0.3, -0.25) is 4.79 Å². The van der Waals surface area contributed by atoms with Gasteiger partial charge in [0.1, 0.15) is 5.69 Å². The summed E-state index contributed by atoms with van der Waals surface area (Å²) in [5, 5.41) is 8.45. The fraction of sp³-hybridized carbons (Fsp3) is 0.188. The van der Waals surface area contributed by atoms with Crippen molar-refractivity contribution in [2.24, 2.45) is 10.3 Å².